The van der Waals surface area contributed by atoms with Crippen LogP contribution >= 0.6 is 0 Å². The molecular formula is C21H22O4. The van der Waals surface area contributed by atoms with Gasteiger partial charge in [-0.05, 0) is 43.7 Å². The average Bonchev–Trinajstić information content (AvgIpc) is 2.62. The Morgan fingerprint density at radius 1 is 0.880 bits per heavy atom. The van der Waals surface area contributed by atoms with Crippen LogP contribution in [0.5, 0.6) is 0 Å². The average molecular weight is 338 g/mol. The first-order valence-electron chi connectivity index (χ1n) is 8.19. The Balaban J connectivity index is 1.84. The first kappa shape index (κ1) is 18.5. The van der Waals surface area contributed by atoms with E-state index in [0.717, 1.165) is 5.56 Å². The molecule has 2 aromatic rings. The predicted molar refractivity (Wildman–Crippen MR) is 97.3 cm³/mol. The van der Waals surface area contributed by atoms with E-state index in [1.54, 1.807) is 68.5 Å². The molecule has 0 unspecified atom stereocenters. The molecule has 0 radical (unpaired) electrons. The lowest BCUT2D eigenvalue weighted by atomic mass is 10.1. The molecule has 4 nitrogen and oxygen atoms in total. The van der Waals surface area contributed by atoms with E-state index in [2.05, 4.69) is 6.58 Å². The molecule has 0 aliphatic rings. The van der Waals surface area contributed by atoms with Gasteiger partial charge < -0.3 is 9.47 Å². The summed E-state index contributed by atoms with van der Waals surface area (Å²) in [4.78, 5) is 24.1. The monoisotopic (exact) mass is 338 g/mol. The Hall–Kier alpha value is -2.88. The van der Waals surface area contributed by atoms with Crippen LogP contribution in [0.1, 0.15) is 46.5 Å². The molecule has 2 rings (SSSR count). The Labute approximate surface area is 148 Å². The molecule has 0 N–H and O–H groups in total. The highest BCUT2D eigenvalue weighted by Crippen LogP contribution is 2.13. The third-order valence-electron chi connectivity index (χ3n) is 3.67. The van der Waals surface area contributed by atoms with Crippen LogP contribution in [0.2, 0.25) is 0 Å². The van der Waals surface area contributed by atoms with Gasteiger partial charge in [-0.2, -0.15) is 0 Å². The van der Waals surface area contributed by atoms with Gasteiger partial charge in [0.05, 0.1) is 11.1 Å². The standard InChI is InChI=1S/C21H22O4/c1-4-17-10-12-19(13-11-17)21(23)25-16(3)14-15(2)24-20(22)18-8-6-5-7-9-18/h4-13,15-16H,1,14H2,2-3H3/t15-,16-/m1/s1. The fourth-order valence-electron chi connectivity index (χ4n) is 2.39. The van der Waals surface area contributed by atoms with Gasteiger partial charge in [0.1, 0.15) is 12.2 Å². The van der Waals surface area contributed by atoms with E-state index >= 15 is 0 Å². The van der Waals surface area contributed by atoms with Crippen LogP contribution in [-0.2, 0) is 9.47 Å². The second kappa shape index (κ2) is 8.83. The molecule has 0 spiro atoms. The van der Waals surface area contributed by atoms with Crippen molar-refractivity contribution in [3.63, 3.8) is 0 Å². The topological polar surface area (TPSA) is 52.6 Å². The van der Waals surface area contributed by atoms with Crippen LogP contribution < -0.4 is 0 Å². The molecule has 0 bridgehead atoms. The van der Waals surface area contributed by atoms with Crippen molar-refractivity contribution in [1.29, 1.82) is 0 Å². The predicted octanol–water partition coefficient (Wildman–Crippen LogP) is 4.51. The van der Waals surface area contributed by atoms with Gasteiger partial charge in [-0.1, -0.05) is 43.0 Å². The van der Waals surface area contributed by atoms with Crippen LogP contribution in [0.25, 0.3) is 6.08 Å². The van der Waals surface area contributed by atoms with Crippen molar-refractivity contribution in [1.82, 2.24) is 0 Å². The van der Waals surface area contributed by atoms with Crippen molar-refractivity contribution in [2.24, 2.45) is 0 Å². The summed E-state index contributed by atoms with van der Waals surface area (Å²) in [5, 5.41) is 0. The lowest BCUT2D eigenvalue weighted by Gasteiger charge is -2.18. The molecule has 2 atom stereocenters. The number of carbonyl (C=O) groups excluding carboxylic acids is 2. The van der Waals surface area contributed by atoms with Crippen molar-refractivity contribution in [2.45, 2.75) is 32.5 Å². The SMILES string of the molecule is C=Cc1ccc(C(=O)O[C@H](C)C[C@@H](C)OC(=O)c2ccccc2)cc1. The van der Waals surface area contributed by atoms with Crippen LogP contribution in [0.4, 0.5) is 0 Å². The number of benzene rings is 2. The minimum absolute atomic E-state index is 0.362. The molecule has 4 heteroatoms. The fourth-order valence-corrected chi connectivity index (χ4v) is 2.39. The number of rotatable bonds is 7. The zero-order valence-corrected chi connectivity index (χ0v) is 14.5. The van der Waals surface area contributed by atoms with Crippen molar-refractivity contribution < 1.29 is 19.1 Å². The molecule has 0 aliphatic heterocycles. The third-order valence-corrected chi connectivity index (χ3v) is 3.67. The summed E-state index contributed by atoms with van der Waals surface area (Å²) in [5.74, 6) is -0.781. The highest BCUT2D eigenvalue weighted by atomic mass is 16.6. The molecule has 0 fully saturated rings. The smallest absolute Gasteiger partial charge is 0.338 e. The van der Waals surface area contributed by atoms with Crippen LogP contribution in [0.3, 0.4) is 0 Å². The summed E-state index contributed by atoms with van der Waals surface area (Å²) in [6, 6.07) is 15.8. The second-order valence-electron chi connectivity index (χ2n) is 5.86. The summed E-state index contributed by atoms with van der Waals surface area (Å²) in [6.45, 7) is 7.24. The van der Waals surface area contributed by atoms with Gasteiger partial charge in [0.25, 0.3) is 0 Å². The lowest BCUT2D eigenvalue weighted by Crippen LogP contribution is -2.23. The van der Waals surface area contributed by atoms with E-state index in [0.29, 0.717) is 17.5 Å². The summed E-state index contributed by atoms with van der Waals surface area (Å²) < 4.78 is 10.8. The highest BCUT2D eigenvalue weighted by Gasteiger charge is 2.18. The Bertz CT molecular complexity index is 719. The lowest BCUT2D eigenvalue weighted by molar-refractivity contribution is 0.00764. The van der Waals surface area contributed by atoms with E-state index < -0.39 is 5.97 Å². The molecule has 0 heterocycles. The number of ether oxygens (including phenoxy) is 2. The molecule has 130 valence electrons. The molecule has 0 saturated heterocycles. The van der Waals surface area contributed by atoms with E-state index in [1.807, 2.05) is 6.07 Å². The molecule has 2 aromatic carbocycles. The fraction of sp³-hybridized carbons (Fsp3) is 0.238. The van der Waals surface area contributed by atoms with Crippen molar-refractivity contribution in [2.75, 3.05) is 0 Å². The number of carbonyl (C=O) groups is 2. The quantitative estimate of drug-likeness (QED) is 0.697. The molecule has 0 amide bonds. The van der Waals surface area contributed by atoms with Gasteiger partial charge >= 0.3 is 11.9 Å². The molecule has 0 aliphatic carbocycles. The van der Waals surface area contributed by atoms with E-state index in [1.165, 1.54) is 0 Å². The molecule has 0 saturated carbocycles. The first-order valence-corrected chi connectivity index (χ1v) is 8.19. The Morgan fingerprint density at radius 2 is 1.36 bits per heavy atom. The van der Waals surface area contributed by atoms with Crippen LogP contribution in [0, 0.1) is 0 Å². The van der Waals surface area contributed by atoms with E-state index in [4.69, 9.17) is 9.47 Å². The zero-order valence-electron chi connectivity index (χ0n) is 14.5. The summed E-state index contributed by atoms with van der Waals surface area (Å²) >= 11 is 0. The first-order chi connectivity index (χ1) is 12.0. The van der Waals surface area contributed by atoms with Gasteiger partial charge in [0, 0.05) is 6.42 Å². The normalized spacial score (nSPS) is 12.7. The highest BCUT2D eigenvalue weighted by molar-refractivity contribution is 5.90. The summed E-state index contributed by atoms with van der Waals surface area (Å²) in [5.41, 5.74) is 1.92. The van der Waals surface area contributed by atoms with Gasteiger partial charge in [0.15, 0.2) is 0 Å². The molecule has 25 heavy (non-hydrogen) atoms. The summed E-state index contributed by atoms with van der Waals surface area (Å²) in [7, 11) is 0. The van der Waals surface area contributed by atoms with Crippen molar-refractivity contribution in [3.05, 3.63) is 77.9 Å². The molecule has 0 aromatic heterocycles. The number of hydrogen-bond donors (Lipinski definition) is 0. The van der Waals surface area contributed by atoms with Crippen LogP contribution in [-0.4, -0.2) is 24.1 Å². The van der Waals surface area contributed by atoms with Gasteiger partial charge in [-0.15, -0.1) is 0 Å². The van der Waals surface area contributed by atoms with E-state index in [-0.39, 0.29) is 18.2 Å². The maximum absolute atomic E-state index is 12.1. The maximum atomic E-state index is 12.1. The third kappa shape index (κ3) is 5.60. The maximum Gasteiger partial charge on any atom is 0.338 e. The van der Waals surface area contributed by atoms with Crippen LogP contribution in [0.15, 0.2) is 61.2 Å². The van der Waals surface area contributed by atoms with Crippen molar-refractivity contribution >= 4 is 18.0 Å². The molecular weight excluding hydrogens is 316 g/mol. The zero-order chi connectivity index (χ0) is 18.2. The van der Waals surface area contributed by atoms with Gasteiger partial charge in [0.2, 0.25) is 0 Å². The minimum Gasteiger partial charge on any atom is -0.459 e. The van der Waals surface area contributed by atoms with Gasteiger partial charge in [-0.25, -0.2) is 9.59 Å². The van der Waals surface area contributed by atoms with E-state index in [9.17, 15) is 9.59 Å². The summed E-state index contributed by atoms with van der Waals surface area (Å²) in [6.07, 6.45) is 1.40. The van der Waals surface area contributed by atoms with Crippen molar-refractivity contribution in [3.8, 4) is 0 Å². The number of esters is 2. The van der Waals surface area contributed by atoms with Gasteiger partial charge in [-0.3, -0.25) is 0 Å². The number of hydrogen-bond acceptors (Lipinski definition) is 4. The Kier molecular flexibility index (Phi) is 6.52. The minimum atomic E-state index is -0.398. The Morgan fingerprint density at radius 3 is 1.84 bits per heavy atom. The second-order valence-corrected chi connectivity index (χ2v) is 5.86. The largest absolute Gasteiger partial charge is 0.459 e.